The van der Waals surface area contributed by atoms with Gasteiger partial charge in [0.05, 0.1) is 28.6 Å². The maximum absolute atomic E-state index is 10.2. The van der Waals surface area contributed by atoms with Crippen molar-refractivity contribution in [3.63, 3.8) is 0 Å². The second kappa shape index (κ2) is 4.54. The summed E-state index contributed by atoms with van der Waals surface area (Å²) in [6, 6.07) is 0. The van der Waals surface area contributed by atoms with E-state index in [9.17, 15) is 5.11 Å². The molecule has 0 aliphatic rings. The van der Waals surface area contributed by atoms with Gasteiger partial charge in [-0.05, 0) is 26.7 Å². The van der Waals surface area contributed by atoms with Gasteiger partial charge >= 0.3 is 0 Å². The number of aryl methyl sites for hydroxylation is 1. The van der Waals surface area contributed by atoms with Crippen molar-refractivity contribution in [3.05, 3.63) is 16.4 Å². The topological polar surface area (TPSA) is 38.0 Å². The van der Waals surface area contributed by atoms with Crippen LogP contribution in [0.4, 0.5) is 0 Å². The highest BCUT2D eigenvalue weighted by molar-refractivity contribution is 6.31. The molecular weight excluding hydrogens is 212 g/mol. The number of halogens is 1. The zero-order chi connectivity index (χ0) is 11.6. The Morgan fingerprint density at radius 1 is 1.33 bits per heavy atom. The Morgan fingerprint density at radius 3 is 2.20 bits per heavy atom. The predicted octanol–water partition coefficient (Wildman–Crippen LogP) is 2.70. The molecule has 1 aromatic rings. The largest absolute Gasteiger partial charge is 0.388 e. The Bertz CT molecular complexity index is 343. The van der Waals surface area contributed by atoms with Crippen LogP contribution in [0, 0.1) is 13.8 Å². The van der Waals surface area contributed by atoms with Crippen LogP contribution in [-0.4, -0.2) is 20.5 Å². The van der Waals surface area contributed by atoms with E-state index in [1.165, 1.54) is 0 Å². The molecular formula is C11H19ClN2O. The maximum atomic E-state index is 10.2. The van der Waals surface area contributed by atoms with Crippen molar-refractivity contribution in [1.29, 1.82) is 0 Å². The molecule has 0 aromatic carbocycles. The zero-order valence-corrected chi connectivity index (χ0v) is 10.6. The summed E-state index contributed by atoms with van der Waals surface area (Å²) < 4.78 is 1.80. The molecule has 1 aromatic heterocycles. The van der Waals surface area contributed by atoms with Gasteiger partial charge in [0.15, 0.2) is 0 Å². The number of rotatable bonds is 4. The summed E-state index contributed by atoms with van der Waals surface area (Å²) >= 11 is 6.05. The van der Waals surface area contributed by atoms with Gasteiger partial charge in [-0.15, -0.1) is 0 Å². The lowest BCUT2D eigenvalue weighted by Gasteiger charge is -2.25. The molecule has 0 spiro atoms. The first kappa shape index (κ1) is 12.5. The Balaban J connectivity index is 2.94. The van der Waals surface area contributed by atoms with Crippen LogP contribution in [0.1, 0.15) is 38.1 Å². The Kier molecular flexibility index (Phi) is 3.79. The minimum absolute atomic E-state index is 0.513. The smallest absolute Gasteiger partial charge is 0.0844 e. The summed E-state index contributed by atoms with van der Waals surface area (Å²) in [5.41, 5.74) is 1.07. The summed E-state index contributed by atoms with van der Waals surface area (Å²) in [6.07, 6.45) is 1.44. The van der Waals surface area contributed by atoms with E-state index in [2.05, 4.69) is 5.10 Å². The van der Waals surface area contributed by atoms with Gasteiger partial charge in [0.25, 0.3) is 0 Å². The van der Waals surface area contributed by atoms with Crippen LogP contribution in [0.25, 0.3) is 0 Å². The molecule has 0 fully saturated rings. The number of aromatic nitrogens is 2. The monoisotopic (exact) mass is 230 g/mol. The van der Waals surface area contributed by atoms with E-state index in [1.807, 2.05) is 27.7 Å². The van der Waals surface area contributed by atoms with E-state index < -0.39 is 5.60 Å². The first-order valence-corrected chi connectivity index (χ1v) is 5.73. The highest BCUT2D eigenvalue weighted by atomic mass is 35.5. The normalized spacial score (nSPS) is 12.1. The van der Waals surface area contributed by atoms with Crippen molar-refractivity contribution in [1.82, 2.24) is 9.78 Å². The van der Waals surface area contributed by atoms with Gasteiger partial charge in [-0.3, -0.25) is 4.68 Å². The summed E-state index contributed by atoms with van der Waals surface area (Å²) in [5, 5.41) is 15.2. The Hall–Kier alpha value is -0.540. The van der Waals surface area contributed by atoms with Crippen molar-refractivity contribution in [2.45, 2.75) is 52.7 Å². The number of hydrogen-bond acceptors (Lipinski definition) is 2. The van der Waals surface area contributed by atoms with Crippen LogP contribution >= 0.6 is 11.6 Å². The molecule has 1 heterocycles. The van der Waals surface area contributed by atoms with Gasteiger partial charge in [0.2, 0.25) is 0 Å². The summed E-state index contributed by atoms with van der Waals surface area (Å²) in [5.74, 6) is 0. The fraction of sp³-hybridized carbons (Fsp3) is 0.727. The summed E-state index contributed by atoms with van der Waals surface area (Å²) in [6.45, 7) is 8.28. The molecule has 3 nitrogen and oxygen atoms in total. The first-order valence-electron chi connectivity index (χ1n) is 5.35. The summed E-state index contributed by atoms with van der Waals surface area (Å²) in [4.78, 5) is 0. The number of hydrogen-bond donors (Lipinski definition) is 1. The SMILES string of the molecule is CCC(O)(CC)Cn1nc(C)c(Cl)c1C. The van der Waals surface area contributed by atoms with Crippen LogP contribution in [-0.2, 0) is 6.54 Å². The van der Waals surface area contributed by atoms with Gasteiger partial charge in [0, 0.05) is 0 Å². The highest BCUT2D eigenvalue weighted by Crippen LogP contribution is 2.23. The van der Waals surface area contributed by atoms with E-state index in [4.69, 9.17) is 11.6 Å². The van der Waals surface area contributed by atoms with Crippen LogP contribution in [0.15, 0.2) is 0 Å². The van der Waals surface area contributed by atoms with Gasteiger partial charge in [0.1, 0.15) is 0 Å². The zero-order valence-electron chi connectivity index (χ0n) is 9.84. The van der Waals surface area contributed by atoms with Crippen LogP contribution in [0.5, 0.6) is 0 Å². The minimum Gasteiger partial charge on any atom is -0.388 e. The van der Waals surface area contributed by atoms with E-state index in [0.717, 1.165) is 24.2 Å². The van der Waals surface area contributed by atoms with E-state index in [1.54, 1.807) is 4.68 Å². The molecule has 1 N–H and O–H groups in total. The number of nitrogens with zero attached hydrogens (tertiary/aromatic N) is 2. The lowest BCUT2D eigenvalue weighted by atomic mass is 9.98. The molecule has 0 amide bonds. The average molecular weight is 231 g/mol. The van der Waals surface area contributed by atoms with Gasteiger partial charge < -0.3 is 5.11 Å². The lowest BCUT2D eigenvalue weighted by Crippen LogP contribution is -2.33. The van der Waals surface area contributed by atoms with Gasteiger partial charge in [-0.2, -0.15) is 5.10 Å². The van der Waals surface area contributed by atoms with Crippen molar-refractivity contribution in [2.24, 2.45) is 0 Å². The van der Waals surface area contributed by atoms with E-state index in [0.29, 0.717) is 11.6 Å². The molecule has 0 radical (unpaired) electrons. The third-order valence-electron chi connectivity index (χ3n) is 3.05. The molecule has 0 atom stereocenters. The minimum atomic E-state index is -0.674. The van der Waals surface area contributed by atoms with Crippen LogP contribution in [0.3, 0.4) is 0 Å². The molecule has 0 unspecified atom stereocenters. The molecule has 15 heavy (non-hydrogen) atoms. The van der Waals surface area contributed by atoms with Crippen molar-refractivity contribution in [3.8, 4) is 0 Å². The molecule has 86 valence electrons. The average Bonchev–Trinajstić information content (AvgIpc) is 2.46. The molecule has 1 rings (SSSR count). The van der Waals surface area contributed by atoms with E-state index in [-0.39, 0.29) is 0 Å². The molecule has 0 saturated heterocycles. The molecule has 0 bridgehead atoms. The molecule has 0 aliphatic carbocycles. The first-order chi connectivity index (χ1) is 6.93. The molecule has 4 heteroatoms. The quantitative estimate of drug-likeness (QED) is 0.864. The third-order valence-corrected chi connectivity index (χ3v) is 3.60. The van der Waals surface area contributed by atoms with Crippen molar-refractivity contribution >= 4 is 11.6 Å². The third kappa shape index (κ3) is 2.52. The fourth-order valence-electron chi connectivity index (χ4n) is 1.58. The predicted molar refractivity (Wildman–Crippen MR) is 62.2 cm³/mol. The standard InChI is InChI=1S/C11H19ClN2O/c1-5-11(15,6-2)7-14-9(4)10(12)8(3)13-14/h15H,5-7H2,1-4H3. The van der Waals surface area contributed by atoms with E-state index >= 15 is 0 Å². The Morgan fingerprint density at radius 2 is 1.87 bits per heavy atom. The van der Waals surface area contributed by atoms with Gasteiger partial charge in [-0.25, -0.2) is 0 Å². The second-order valence-electron chi connectivity index (χ2n) is 4.07. The Labute approximate surface area is 96.1 Å². The number of aliphatic hydroxyl groups is 1. The van der Waals surface area contributed by atoms with Crippen molar-refractivity contribution < 1.29 is 5.11 Å². The highest BCUT2D eigenvalue weighted by Gasteiger charge is 2.24. The van der Waals surface area contributed by atoms with Crippen molar-refractivity contribution in [2.75, 3.05) is 0 Å². The fourth-order valence-corrected chi connectivity index (χ4v) is 1.72. The second-order valence-corrected chi connectivity index (χ2v) is 4.45. The maximum Gasteiger partial charge on any atom is 0.0844 e. The molecule has 0 aliphatic heterocycles. The van der Waals surface area contributed by atoms with Crippen LogP contribution in [0.2, 0.25) is 5.02 Å². The van der Waals surface area contributed by atoms with Crippen LogP contribution < -0.4 is 0 Å². The lowest BCUT2D eigenvalue weighted by molar-refractivity contribution is 0.0113. The summed E-state index contributed by atoms with van der Waals surface area (Å²) in [7, 11) is 0. The molecule has 0 saturated carbocycles. The van der Waals surface area contributed by atoms with Gasteiger partial charge in [-0.1, -0.05) is 25.4 Å².